The number of para-hydroxylation sites is 1. The fraction of sp³-hybridized carbons (Fsp3) is 0.0714. The van der Waals surface area contributed by atoms with Gasteiger partial charge in [0.1, 0.15) is 12.2 Å². The molecule has 20 heavy (non-hydrogen) atoms. The summed E-state index contributed by atoms with van der Waals surface area (Å²) in [5, 5.41) is 8.05. The van der Waals surface area contributed by atoms with Gasteiger partial charge in [-0.15, -0.1) is 5.10 Å². The molecule has 1 heterocycles. The number of carbonyl (C=O) groups excluding carboxylic acids is 1. The van der Waals surface area contributed by atoms with Crippen LogP contribution >= 0.6 is 0 Å². The molecular weight excluding hydrogens is 254 g/mol. The molecule has 2 N–H and O–H groups in total. The first-order valence-electron chi connectivity index (χ1n) is 6.21. The fourth-order valence-electron chi connectivity index (χ4n) is 1.89. The van der Waals surface area contributed by atoms with Gasteiger partial charge in [-0.2, -0.15) is 0 Å². The third kappa shape index (κ3) is 2.50. The molecule has 3 aromatic rings. The smallest absolute Gasteiger partial charge is 0.265 e. The second-order valence-corrected chi connectivity index (χ2v) is 4.23. The summed E-state index contributed by atoms with van der Waals surface area (Å²) in [7, 11) is 0. The Bertz CT molecular complexity index is 723. The number of carbonyl (C=O) groups is 1. The third-order valence-electron chi connectivity index (χ3n) is 2.89. The molecule has 1 amide bonds. The highest BCUT2D eigenvalue weighted by molar-refractivity contribution is 5.93. The summed E-state index contributed by atoms with van der Waals surface area (Å²) in [6.45, 7) is 0.346. The molecule has 3 rings (SSSR count). The van der Waals surface area contributed by atoms with E-state index in [0.717, 1.165) is 11.0 Å². The molecule has 1 aromatic heterocycles. The number of rotatable bonds is 4. The van der Waals surface area contributed by atoms with Crippen molar-refractivity contribution in [3.63, 3.8) is 0 Å². The van der Waals surface area contributed by atoms with Gasteiger partial charge < -0.3 is 0 Å². The minimum Gasteiger partial charge on any atom is -0.286 e. The van der Waals surface area contributed by atoms with Crippen LogP contribution in [0.2, 0.25) is 0 Å². The van der Waals surface area contributed by atoms with E-state index in [9.17, 15) is 4.79 Å². The van der Waals surface area contributed by atoms with E-state index in [1.165, 1.54) is 0 Å². The van der Waals surface area contributed by atoms with Crippen molar-refractivity contribution in [1.29, 1.82) is 0 Å². The molecule has 0 aliphatic rings. The SMILES string of the molecule is O=C(NNCn1nnc2ccccc21)c1ccccc1. The van der Waals surface area contributed by atoms with Crippen LogP contribution in [0.25, 0.3) is 11.0 Å². The van der Waals surface area contributed by atoms with Gasteiger partial charge in [0.2, 0.25) is 0 Å². The molecule has 0 radical (unpaired) electrons. The van der Waals surface area contributed by atoms with Gasteiger partial charge in [-0.25, -0.2) is 10.1 Å². The van der Waals surface area contributed by atoms with Gasteiger partial charge in [0.25, 0.3) is 5.91 Å². The number of amides is 1. The molecule has 6 heteroatoms. The molecule has 0 aliphatic heterocycles. The van der Waals surface area contributed by atoms with E-state index in [2.05, 4.69) is 21.2 Å². The molecule has 0 fully saturated rings. The number of aromatic nitrogens is 3. The first kappa shape index (κ1) is 12.3. The first-order valence-corrected chi connectivity index (χ1v) is 6.21. The molecule has 100 valence electrons. The number of benzene rings is 2. The molecule has 6 nitrogen and oxygen atoms in total. The zero-order chi connectivity index (χ0) is 13.8. The summed E-state index contributed by atoms with van der Waals surface area (Å²) in [5.41, 5.74) is 7.80. The van der Waals surface area contributed by atoms with Crippen molar-refractivity contribution in [3.8, 4) is 0 Å². The second-order valence-electron chi connectivity index (χ2n) is 4.23. The second kappa shape index (κ2) is 5.50. The van der Waals surface area contributed by atoms with Gasteiger partial charge in [0.15, 0.2) is 0 Å². The normalized spacial score (nSPS) is 10.6. The summed E-state index contributed by atoms with van der Waals surface area (Å²) in [5.74, 6) is -0.185. The largest absolute Gasteiger partial charge is 0.286 e. The van der Waals surface area contributed by atoms with Gasteiger partial charge in [0, 0.05) is 5.56 Å². The molecule has 0 bridgehead atoms. The van der Waals surface area contributed by atoms with Crippen LogP contribution in [-0.4, -0.2) is 20.9 Å². The van der Waals surface area contributed by atoms with Gasteiger partial charge in [-0.1, -0.05) is 35.5 Å². The minimum absolute atomic E-state index is 0.185. The Morgan fingerprint density at radius 3 is 2.65 bits per heavy atom. The lowest BCUT2D eigenvalue weighted by atomic mass is 10.2. The molecule has 0 spiro atoms. The van der Waals surface area contributed by atoms with Crippen molar-refractivity contribution in [1.82, 2.24) is 25.8 Å². The zero-order valence-electron chi connectivity index (χ0n) is 10.7. The highest BCUT2D eigenvalue weighted by Crippen LogP contribution is 2.08. The molecule has 0 saturated heterocycles. The lowest BCUT2D eigenvalue weighted by Crippen LogP contribution is -2.38. The van der Waals surface area contributed by atoms with Gasteiger partial charge in [-0.3, -0.25) is 10.2 Å². The Morgan fingerprint density at radius 1 is 1.05 bits per heavy atom. The van der Waals surface area contributed by atoms with E-state index in [4.69, 9.17) is 0 Å². The lowest BCUT2D eigenvalue weighted by Gasteiger charge is -2.07. The maximum absolute atomic E-state index is 11.8. The van der Waals surface area contributed by atoms with Crippen molar-refractivity contribution in [2.24, 2.45) is 0 Å². The van der Waals surface area contributed by atoms with E-state index in [0.29, 0.717) is 12.2 Å². The van der Waals surface area contributed by atoms with Crippen LogP contribution in [0.1, 0.15) is 10.4 Å². The summed E-state index contributed by atoms with van der Waals surface area (Å²) < 4.78 is 1.68. The summed E-state index contributed by atoms with van der Waals surface area (Å²) in [6.07, 6.45) is 0. The molecule has 0 saturated carbocycles. The average Bonchev–Trinajstić information content (AvgIpc) is 2.92. The Morgan fingerprint density at radius 2 is 1.80 bits per heavy atom. The summed E-state index contributed by atoms with van der Waals surface area (Å²) in [6, 6.07) is 16.7. The Hall–Kier alpha value is -2.73. The fourth-order valence-corrected chi connectivity index (χ4v) is 1.89. The molecule has 0 unspecified atom stereocenters. The molecule has 0 aliphatic carbocycles. The van der Waals surface area contributed by atoms with Crippen LogP contribution in [0.4, 0.5) is 0 Å². The lowest BCUT2D eigenvalue weighted by molar-refractivity contribution is 0.0927. The van der Waals surface area contributed by atoms with Gasteiger partial charge in [-0.05, 0) is 24.3 Å². The van der Waals surface area contributed by atoms with Crippen LogP contribution in [0.3, 0.4) is 0 Å². The Balaban J connectivity index is 1.62. The van der Waals surface area contributed by atoms with Crippen LogP contribution in [0.15, 0.2) is 54.6 Å². The Labute approximate surface area is 115 Å². The number of hydrogen-bond acceptors (Lipinski definition) is 4. The van der Waals surface area contributed by atoms with Crippen molar-refractivity contribution in [2.75, 3.05) is 0 Å². The van der Waals surface area contributed by atoms with Crippen molar-refractivity contribution in [2.45, 2.75) is 6.67 Å². The predicted molar refractivity (Wildman–Crippen MR) is 74.6 cm³/mol. The van der Waals surface area contributed by atoms with E-state index < -0.39 is 0 Å². The monoisotopic (exact) mass is 267 g/mol. The van der Waals surface area contributed by atoms with Crippen LogP contribution in [-0.2, 0) is 6.67 Å². The topological polar surface area (TPSA) is 71.8 Å². The minimum atomic E-state index is -0.185. The third-order valence-corrected chi connectivity index (χ3v) is 2.89. The molecule has 2 aromatic carbocycles. The van der Waals surface area contributed by atoms with E-state index in [1.807, 2.05) is 42.5 Å². The summed E-state index contributed by atoms with van der Waals surface area (Å²) in [4.78, 5) is 11.8. The van der Waals surface area contributed by atoms with Crippen molar-refractivity contribution < 1.29 is 4.79 Å². The van der Waals surface area contributed by atoms with E-state index in [1.54, 1.807) is 16.8 Å². The molecular formula is C14H13N5O. The van der Waals surface area contributed by atoms with Crippen LogP contribution in [0.5, 0.6) is 0 Å². The standard InChI is InChI=1S/C14H13N5O/c20-14(11-6-2-1-3-7-11)17-15-10-19-13-9-5-4-8-12(13)16-18-19/h1-9,15H,10H2,(H,17,20). The number of nitrogens with zero attached hydrogens (tertiary/aromatic N) is 3. The number of hydrogen-bond donors (Lipinski definition) is 2. The maximum Gasteiger partial charge on any atom is 0.265 e. The maximum atomic E-state index is 11.8. The molecule has 0 atom stereocenters. The van der Waals surface area contributed by atoms with Crippen LogP contribution in [0, 0.1) is 0 Å². The van der Waals surface area contributed by atoms with Gasteiger partial charge >= 0.3 is 0 Å². The predicted octanol–water partition coefficient (Wildman–Crippen LogP) is 1.32. The number of hydrazine groups is 1. The average molecular weight is 267 g/mol. The van der Waals surface area contributed by atoms with Crippen molar-refractivity contribution >= 4 is 16.9 Å². The first-order chi connectivity index (χ1) is 9.84. The van der Waals surface area contributed by atoms with Crippen LogP contribution < -0.4 is 10.9 Å². The quantitative estimate of drug-likeness (QED) is 0.699. The zero-order valence-corrected chi connectivity index (χ0v) is 10.7. The van der Waals surface area contributed by atoms with E-state index in [-0.39, 0.29) is 5.91 Å². The van der Waals surface area contributed by atoms with Crippen molar-refractivity contribution in [3.05, 3.63) is 60.2 Å². The Kier molecular flexibility index (Phi) is 3.38. The van der Waals surface area contributed by atoms with E-state index >= 15 is 0 Å². The highest BCUT2D eigenvalue weighted by Gasteiger charge is 2.05. The summed E-state index contributed by atoms with van der Waals surface area (Å²) >= 11 is 0. The number of fused-ring (bicyclic) bond motifs is 1. The van der Waals surface area contributed by atoms with Gasteiger partial charge in [0.05, 0.1) is 5.52 Å². The highest BCUT2D eigenvalue weighted by atomic mass is 16.2. The number of nitrogens with one attached hydrogen (secondary N) is 2.